The Morgan fingerprint density at radius 2 is 2.11 bits per heavy atom. The third kappa shape index (κ3) is 2.88. The van der Waals surface area contributed by atoms with Gasteiger partial charge in [-0.15, -0.1) is 0 Å². The second-order valence-electron chi connectivity index (χ2n) is 3.95. The van der Waals surface area contributed by atoms with Gasteiger partial charge in [0.2, 0.25) is 5.88 Å². The molecule has 0 amide bonds. The van der Waals surface area contributed by atoms with Crippen molar-refractivity contribution in [3.05, 3.63) is 41.7 Å². The standard InChI is InChI=1S/C13H16N4O/c1-9-3-4-10(7-15-9)8-16-13-11(14)5-6-12(17-13)18-2/h3-7H,8,14H2,1-2H3,(H,16,17). The molecule has 5 nitrogen and oxygen atoms in total. The minimum atomic E-state index is 0.536. The van der Waals surface area contributed by atoms with E-state index in [0.29, 0.717) is 23.9 Å². The number of nitrogen functional groups attached to an aromatic ring is 1. The van der Waals surface area contributed by atoms with Gasteiger partial charge in [-0.1, -0.05) is 6.07 Å². The second-order valence-corrected chi connectivity index (χ2v) is 3.95. The highest BCUT2D eigenvalue weighted by molar-refractivity contribution is 5.62. The molecule has 0 saturated heterocycles. The largest absolute Gasteiger partial charge is 0.481 e. The van der Waals surface area contributed by atoms with E-state index in [1.165, 1.54) is 0 Å². The minimum Gasteiger partial charge on any atom is -0.481 e. The van der Waals surface area contributed by atoms with E-state index in [2.05, 4.69) is 15.3 Å². The van der Waals surface area contributed by atoms with Crippen molar-refractivity contribution in [1.82, 2.24) is 9.97 Å². The maximum absolute atomic E-state index is 5.84. The molecule has 0 aliphatic rings. The summed E-state index contributed by atoms with van der Waals surface area (Å²) >= 11 is 0. The van der Waals surface area contributed by atoms with Crippen molar-refractivity contribution in [1.29, 1.82) is 0 Å². The first-order valence-electron chi connectivity index (χ1n) is 5.65. The lowest BCUT2D eigenvalue weighted by Crippen LogP contribution is -2.05. The van der Waals surface area contributed by atoms with Gasteiger partial charge in [0.05, 0.1) is 12.8 Å². The monoisotopic (exact) mass is 244 g/mol. The third-order valence-corrected chi connectivity index (χ3v) is 2.54. The zero-order valence-electron chi connectivity index (χ0n) is 10.5. The zero-order valence-corrected chi connectivity index (χ0v) is 10.5. The number of aromatic nitrogens is 2. The summed E-state index contributed by atoms with van der Waals surface area (Å²) in [5.74, 6) is 1.16. The van der Waals surface area contributed by atoms with Crippen LogP contribution in [0.25, 0.3) is 0 Å². The van der Waals surface area contributed by atoms with E-state index in [1.54, 1.807) is 19.2 Å². The van der Waals surface area contributed by atoms with Gasteiger partial charge in [-0.25, -0.2) is 0 Å². The van der Waals surface area contributed by atoms with Gasteiger partial charge in [0.15, 0.2) is 5.82 Å². The van der Waals surface area contributed by atoms with Crippen LogP contribution in [0.3, 0.4) is 0 Å². The van der Waals surface area contributed by atoms with E-state index in [4.69, 9.17) is 10.5 Å². The van der Waals surface area contributed by atoms with Gasteiger partial charge in [0.1, 0.15) is 0 Å². The lowest BCUT2D eigenvalue weighted by molar-refractivity contribution is 0.398. The van der Waals surface area contributed by atoms with Crippen LogP contribution >= 0.6 is 0 Å². The first-order valence-corrected chi connectivity index (χ1v) is 5.65. The van der Waals surface area contributed by atoms with Crippen LogP contribution in [0.15, 0.2) is 30.5 Å². The van der Waals surface area contributed by atoms with Gasteiger partial charge < -0.3 is 15.8 Å². The summed E-state index contributed by atoms with van der Waals surface area (Å²) in [6.07, 6.45) is 1.83. The smallest absolute Gasteiger partial charge is 0.215 e. The van der Waals surface area contributed by atoms with Crippen LogP contribution in [0.4, 0.5) is 11.5 Å². The number of nitrogens with zero attached hydrogens (tertiary/aromatic N) is 2. The van der Waals surface area contributed by atoms with E-state index in [1.807, 2.05) is 25.3 Å². The van der Waals surface area contributed by atoms with Crippen molar-refractivity contribution in [3.63, 3.8) is 0 Å². The first-order chi connectivity index (χ1) is 8.69. The number of aryl methyl sites for hydroxylation is 1. The van der Waals surface area contributed by atoms with Gasteiger partial charge in [0.25, 0.3) is 0 Å². The van der Waals surface area contributed by atoms with Gasteiger partial charge in [0, 0.05) is 24.5 Å². The molecule has 0 radical (unpaired) electrons. The summed E-state index contributed by atoms with van der Waals surface area (Å²) in [6.45, 7) is 2.58. The van der Waals surface area contributed by atoms with Gasteiger partial charge in [-0.2, -0.15) is 4.98 Å². The molecule has 0 atom stereocenters. The van der Waals surface area contributed by atoms with Gasteiger partial charge in [-0.3, -0.25) is 4.98 Å². The normalized spacial score (nSPS) is 10.1. The average Bonchev–Trinajstić information content (AvgIpc) is 2.40. The van der Waals surface area contributed by atoms with E-state index in [0.717, 1.165) is 11.3 Å². The Morgan fingerprint density at radius 1 is 1.28 bits per heavy atom. The van der Waals surface area contributed by atoms with Crippen LogP contribution in [0.1, 0.15) is 11.3 Å². The Labute approximate surface area is 106 Å². The average molecular weight is 244 g/mol. The summed E-state index contributed by atoms with van der Waals surface area (Å²) in [5.41, 5.74) is 8.50. The molecule has 18 heavy (non-hydrogen) atoms. The fourth-order valence-corrected chi connectivity index (χ4v) is 1.50. The van der Waals surface area contributed by atoms with Crippen molar-refractivity contribution in [2.45, 2.75) is 13.5 Å². The number of anilines is 2. The summed E-state index contributed by atoms with van der Waals surface area (Å²) < 4.78 is 5.06. The molecular weight excluding hydrogens is 228 g/mol. The Morgan fingerprint density at radius 3 is 2.78 bits per heavy atom. The topological polar surface area (TPSA) is 73.1 Å². The molecule has 2 rings (SSSR count). The molecule has 0 aliphatic heterocycles. The summed E-state index contributed by atoms with van der Waals surface area (Å²) in [5, 5.41) is 3.17. The number of rotatable bonds is 4. The number of hydrogen-bond acceptors (Lipinski definition) is 5. The molecule has 0 unspecified atom stereocenters. The number of methoxy groups -OCH3 is 1. The maximum atomic E-state index is 5.84. The molecule has 0 fully saturated rings. The summed E-state index contributed by atoms with van der Waals surface area (Å²) in [4.78, 5) is 8.48. The number of pyridine rings is 2. The minimum absolute atomic E-state index is 0.536. The number of ether oxygens (including phenoxy) is 1. The molecule has 0 spiro atoms. The summed E-state index contributed by atoms with van der Waals surface area (Å²) in [7, 11) is 1.58. The molecule has 2 aromatic rings. The molecular formula is C13H16N4O. The highest BCUT2D eigenvalue weighted by Crippen LogP contribution is 2.20. The number of nitrogens with two attached hydrogens (primary N) is 1. The van der Waals surface area contributed by atoms with E-state index < -0.39 is 0 Å². The molecule has 0 aliphatic carbocycles. The Kier molecular flexibility index (Phi) is 3.62. The molecule has 0 aromatic carbocycles. The van der Waals surface area contributed by atoms with Crippen LogP contribution in [-0.2, 0) is 6.54 Å². The maximum Gasteiger partial charge on any atom is 0.215 e. The lowest BCUT2D eigenvalue weighted by atomic mass is 10.2. The van der Waals surface area contributed by atoms with Crippen LogP contribution in [-0.4, -0.2) is 17.1 Å². The van der Waals surface area contributed by atoms with Crippen molar-refractivity contribution in [2.75, 3.05) is 18.2 Å². The van der Waals surface area contributed by atoms with Crippen LogP contribution < -0.4 is 15.8 Å². The fourth-order valence-electron chi connectivity index (χ4n) is 1.50. The molecule has 0 saturated carbocycles. The molecule has 2 heterocycles. The van der Waals surface area contributed by atoms with E-state index in [9.17, 15) is 0 Å². The van der Waals surface area contributed by atoms with E-state index >= 15 is 0 Å². The first kappa shape index (κ1) is 12.2. The van der Waals surface area contributed by atoms with Crippen LogP contribution in [0.2, 0.25) is 0 Å². The second kappa shape index (κ2) is 5.35. The van der Waals surface area contributed by atoms with E-state index in [-0.39, 0.29) is 0 Å². The predicted molar refractivity (Wildman–Crippen MR) is 71.5 cm³/mol. The molecule has 2 aromatic heterocycles. The third-order valence-electron chi connectivity index (χ3n) is 2.54. The van der Waals surface area contributed by atoms with Gasteiger partial charge >= 0.3 is 0 Å². The Hall–Kier alpha value is -2.30. The molecule has 94 valence electrons. The van der Waals surface area contributed by atoms with Crippen molar-refractivity contribution in [3.8, 4) is 5.88 Å². The van der Waals surface area contributed by atoms with Crippen molar-refractivity contribution in [2.24, 2.45) is 0 Å². The predicted octanol–water partition coefficient (Wildman–Crippen LogP) is 1.99. The quantitative estimate of drug-likeness (QED) is 0.860. The van der Waals surface area contributed by atoms with Crippen LogP contribution in [0.5, 0.6) is 5.88 Å². The number of nitrogens with one attached hydrogen (secondary N) is 1. The SMILES string of the molecule is COc1ccc(N)c(NCc2ccc(C)nc2)n1. The fraction of sp³-hybridized carbons (Fsp3) is 0.231. The Bertz CT molecular complexity index is 525. The van der Waals surface area contributed by atoms with Crippen LogP contribution in [0, 0.1) is 6.92 Å². The zero-order chi connectivity index (χ0) is 13.0. The number of hydrogen-bond donors (Lipinski definition) is 2. The highest BCUT2D eigenvalue weighted by atomic mass is 16.5. The van der Waals surface area contributed by atoms with Crippen molar-refractivity contribution < 1.29 is 4.74 Å². The molecule has 5 heteroatoms. The summed E-state index contributed by atoms with van der Waals surface area (Å²) in [6, 6.07) is 7.49. The van der Waals surface area contributed by atoms with Gasteiger partial charge in [-0.05, 0) is 24.6 Å². The van der Waals surface area contributed by atoms with Crippen molar-refractivity contribution >= 4 is 11.5 Å². The Balaban J connectivity index is 2.07. The molecule has 3 N–H and O–H groups in total. The molecule has 0 bridgehead atoms. The lowest BCUT2D eigenvalue weighted by Gasteiger charge is -2.09. The highest BCUT2D eigenvalue weighted by Gasteiger charge is 2.03.